The zero-order valence-electron chi connectivity index (χ0n) is 21.2. The van der Waals surface area contributed by atoms with E-state index in [2.05, 4.69) is 5.32 Å². The first-order chi connectivity index (χ1) is 17.5. The molecule has 0 spiro atoms. The molecule has 9 heteroatoms. The van der Waals surface area contributed by atoms with Crippen molar-refractivity contribution >= 4 is 27.0 Å². The Morgan fingerprint density at radius 2 is 1.78 bits per heavy atom. The summed E-state index contributed by atoms with van der Waals surface area (Å²) in [6.45, 7) is 5.45. The first-order valence-electron chi connectivity index (χ1n) is 12.1. The fraction of sp³-hybridized carbons (Fsp3) is 0.286. The van der Waals surface area contributed by atoms with E-state index < -0.39 is 21.7 Å². The Hall–Kier alpha value is -3.85. The third kappa shape index (κ3) is 4.55. The zero-order chi connectivity index (χ0) is 26.5. The molecule has 37 heavy (non-hydrogen) atoms. The van der Waals surface area contributed by atoms with Crippen LogP contribution in [0.25, 0.3) is 22.2 Å². The monoisotopic (exact) mass is 519 g/mol. The Bertz CT molecular complexity index is 1680. The second kappa shape index (κ2) is 8.92. The molecule has 1 aliphatic carbocycles. The van der Waals surface area contributed by atoms with E-state index in [9.17, 15) is 18.0 Å². The highest BCUT2D eigenvalue weighted by Gasteiger charge is 2.31. The lowest BCUT2D eigenvalue weighted by atomic mass is 10.0. The van der Waals surface area contributed by atoms with Gasteiger partial charge in [0, 0.05) is 30.3 Å². The molecule has 0 saturated heterocycles. The van der Waals surface area contributed by atoms with Gasteiger partial charge in [0.05, 0.1) is 22.1 Å². The maximum atomic E-state index is 13.9. The Kier molecular flexibility index (Phi) is 5.98. The third-order valence-electron chi connectivity index (χ3n) is 6.50. The van der Waals surface area contributed by atoms with Gasteiger partial charge in [-0.25, -0.2) is 17.2 Å². The fourth-order valence-electron chi connectivity index (χ4n) is 4.88. The Labute approximate surface area is 215 Å². The van der Waals surface area contributed by atoms with E-state index in [1.165, 1.54) is 14.6 Å². The van der Waals surface area contributed by atoms with E-state index in [4.69, 9.17) is 4.74 Å². The van der Waals surface area contributed by atoms with Crippen molar-refractivity contribution < 1.29 is 17.9 Å². The zero-order valence-corrected chi connectivity index (χ0v) is 22.0. The Morgan fingerprint density at radius 1 is 1.05 bits per heavy atom. The molecule has 0 aliphatic heterocycles. The first kappa shape index (κ1) is 24.8. The van der Waals surface area contributed by atoms with Gasteiger partial charge in [-0.05, 0) is 75.1 Å². The molecule has 8 nitrogen and oxygen atoms in total. The number of carbonyl (C=O) groups is 1. The smallest absolute Gasteiger partial charge is 0.408 e. The quantitative estimate of drug-likeness (QED) is 0.419. The number of benzene rings is 2. The van der Waals surface area contributed by atoms with Gasteiger partial charge in [-0.1, -0.05) is 24.3 Å². The summed E-state index contributed by atoms with van der Waals surface area (Å²) in [6.07, 6.45) is 2.51. The van der Waals surface area contributed by atoms with Crippen LogP contribution in [0.15, 0.2) is 76.6 Å². The van der Waals surface area contributed by atoms with Crippen LogP contribution in [0.3, 0.4) is 0 Å². The topological polar surface area (TPSA) is 99.4 Å². The van der Waals surface area contributed by atoms with E-state index >= 15 is 0 Å². The SMILES string of the molecule is Cn1cc(-c2cc3c4c(ccc3n2S(=O)(=O)c2ccccc2)[C@H](NC(=O)OC(C)(C)C)CC4)ccc1=O. The highest BCUT2D eigenvalue weighted by Crippen LogP contribution is 2.40. The van der Waals surface area contributed by atoms with E-state index in [-0.39, 0.29) is 16.5 Å². The van der Waals surface area contributed by atoms with E-state index in [1.807, 2.05) is 32.9 Å². The van der Waals surface area contributed by atoms with Crippen LogP contribution in [0.2, 0.25) is 0 Å². The molecule has 0 unspecified atom stereocenters. The van der Waals surface area contributed by atoms with Crippen molar-refractivity contribution in [1.29, 1.82) is 0 Å². The van der Waals surface area contributed by atoms with Crippen molar-refractivity contribution in [2.45, 2.75) is 50.2 Å². The lowest BCUT2D eigenvalue weighted by molar-refractivity contribution is 0.0503. The Morgan fingerprint density at radius 3 is 2.46 bits per heavy atom. The van der Waals surface area contributed by atoms with Crippen LogP contribution in [-0.4, -0.2) is 28.7 Å². The predicted octanol–water partition coefficient (Wildman–Crippen LogP) is 4.76. The van der Waals surface area contributed by atoms with Gasteiger partial charge in [-0.15, -0.1) is 0 Å². The maximum Gasteiger partial charge on any atom is 0.408 e. The van der Waals surface area contributed by atoms with Gasteiger partial charge in [0.1, 0.15) is 5.60 Å². The number of aromatic nitrogens is 2. The minimum Gasteiger partial charge on any atom is -0.444 e. The van der Waals surface area contributed by atoms with Crippen LogP contribution in [0.4, 0.5) is 4.79 Å². The molecule has 2 heterocycles. The number of amides is 1. The van der Waals surface area contributed by atoms with Crippen molar-refractivity contribution in [3.63, 3.8) is 0 Å². The molecule has 1 amide bonds. The number of nitrogens with zero attached hydrogens (tertiary/aromatic N) is 2. The lowest BCUT2D eigenvalue weighted by Crippen LogP contribution is -2.34. The van der Waals surface area contributed by atoms with Gasteiger partial charge in [-0.3, -0.25) is 4.79 Å². The molecule has 5 rings (SSSR count). The predicted molar refractivity (Wildman–Crippen MR) is 142 cm³/mol. The summed E-state index contributed by atoms with van der Waals surface area (Å²) in [5.74, 6) is 0. The third-order valence-corrected chi connectivity index (χ3v) is 8.24. The number of pyridine rings is 1. The summed E-state index contributed by atoms with van der Waals surface area (Å²) in [6, 6.07) is 16.7. The summed E-state index contributed by atoms with van der Waals surface area (Å²) >= 11 is 0. The van der Waals surface area contributed by atoms with Crippen LogP contribution in [0.5, 0.6) is 0 Å². The molecule has 2 aromatic heterocycles. The second-order valence-electron chi connectivity index (χ2n) is 10.3. The molecular formula is C28H29N3O5S. The van der Waals surface area contributed by atoms with Gasteiger partial charge < -0.3 is 14.6 Å². The summed E-state index contributed by atoms with van der Waals surface area (Å²) in [5, 5.41) is 3.76. The van der Waals surface area contributed by atoms with Gasteiger partial charge in [0.15, 0.2) is 0 Å². The van der Waals surface area contributed by atoms with Crippen molar-refractivity contribution in [2.75, 3.05) is 0 Å². The summed E-state index contributed by atoms with van der Waals surface area (Å²) in [5.41, 5.74) is 2.76. The van der Waals surface area contributed by atoms with Crippen LogP contribution in [0, 0.1) is 0 Å². The molecule has 4 aromatic rings. The normalized spacial score (nSPS) is 15.5. The van der Waals surface area contributed by atoms with E-state index in [1.54, 1.807) is 55.7 Å². The number of hydrogen-bond donors (Lipinski definition) is 1. The van der Waals surface area contributed by atoms with E-state index in [0.29, 0.717) is 29.6 Å². The molecule has 0 bridgehead atoms. The average molecular weight is 520 g/mol. The molecule has 0 saturated carbocycles. The van der Waals surface area contributed by atoms with Gasteiger partial charge >= 0.3 is 6.09 Å². The number of alkyl carbamates (subject to hydrolysis) is 1. The van der Waals surface area contributed by atoms with Crippen molar-refractivity contribution in [3.8, 4) is 11.3 Å². The second-order valence-corrected chi connectivity index (χ2v) is 12.1. The van der Waals surface area contributed by atoms with Crippen molar-refractivity contribution in [1.82, 2.24) is 13.9 Å². The van der Waals surface area contributed by atoms with Crippen LogP contribution >= 0.6 is 0 Å². The molecule has 1 aliphatic rings. The average Bonchev–Trinajstić information content (AvgIpc) is 3.42. The van der Waals surface area contributed by atoms with Gasteiger partial charge in [0.25, 0.3) is 10.0 Å². The van der Waals surface area contributed by atoms with Crippen LogP contribution in [0.1, 0.15) is 44.4 Å². The van der Waals surface area contributed by atoms with Crippen molar-refractivity contribution in [3.05, 3.63) is 88.3 Å². The number of carbonyl (C=O) groups excluding carboxylic acids is 1. The minimum atomic E-state index is -3.95. The van der Waals surface area contributed by atoms with E-state index in [0.717, 1.165) is 16.5 Å². The van der Waals surface area contributed by atoms with Crippen LogP contribution in [-0.2, 0) is 28.2 Å². The highest BCUT2D eigenvalue weighted by atomic mass is 32.2. The first-order valence-corrected chi connectivity index (χ1v) is 13.5. The number of hydrogen-bond acceptors (Lipinski definition) is 5. The standard InChI is InChI=1S/C28H29N3O5S/c1-28(2,3)36-27(33)29-23-13-11-20-21(23)12-14-24-22(20)16-25(18-10-15-26(32)30(4)17-18)31(24)37(34,35)19-8-6-5-7-9-19/h5-10,12,14-17,23H,11,13H2,1-4H3,(H,29,33)/t23-/m1/s1. The number of fused-ring (bicyclic) bond motifs is 3. The molecule has 192 valence electrons. The van der Waals surface area contributed by atoms with Gasteiger partial charge in [-0.2, -0.15) is 0 Å². The maximum absolute atomic E-state index is 13.9. The number of ether oxygens (including phenoxy) is 1. The summed E-state index contributed by atoms with van der Waals surface area (Å²) < 4.78 is 36.1. The summed E-state index contributed by atoms with van der Waals surface area (Å²) in [4.78, 5) is 24.6. The number of nitrogens with one attached hydrogen (secondary N) is 1. The largest absolute Gasteiger partial charge is 0.444 e. The van der Waals surface area contributed by atoms with Crippen LogP contribution < -0.4 is 10.9 Å². The number of aryl methyl sites for hydroxylation is 2. The highest BCUT2D eigenvalue weighted by molar-refractivity contribution is 7.90. The minimum absolute atomic E-state index is 0.170. The number of rotatable bonds is 4. The summed E-state index contributed by atoms with van der Waals surface area (Å²) in [7, 11) is -2.32. The molecule has 1 atom stereocenters. The Balaban J connectivity index is 1.68. The fourth-order valence-corrected chi connectivity index (χ4v) is 6.43. The molecule has 1 N–H and O–H groups in total. The van der Waals surface area contributed by atoms with Crippen molar-refractivity contribution in [2.24, 2.45) is 7.05 Å². The van der Waals surface area contributed by atoms with Gasteiger partial charge in [0.2, 0.25) is 5.56 Å². The lowest BCUT2D eigenvalue weighted by Gasteiger charge is -2.22. The molecule has 0 radical (unpaired) electrons. The molecule has 2 aromatic carbocycles. The molecule has 0 fully saturated rings. The molecular weight excluding hydrogens is 490 g/mol.